The van der Waals surface area contributed by atoms with Crippen LogP contribution >= 0.6 is 11.6 Å². The molecule has 1 aliphatic carbocycles. The first-order chi connectivity index (χ1) is 25.5. The number of carboxylic acids is 1. The number of carbonyl (C=O) groups excluding carboxylic acids is 2. The number of fused-ring (bicyclic) bond motifs is 2. The average Bonchev–Trinajstić information content (AvgIpc) is 3.66. The standard InChI is InChI=1S/C39H44ClN9O4/c1-46-17-15-32-30(21-46)42-36(47(32)2)38(51)45-29-9-5-7-26(34(29)40)25-6-4-8-28(27(25)20-41)44-37(50)35-43-31-22-49(19-16-33(31)48(35)3)18-14-23-10-12-24(13-11-23)39(52)53/h4-9,23-24H,10-19,21-22H2,1-3H3,(H,44,50)(H,45,51)(H,52,53). The van der Waals surface area contributed by atoms with Crippen LogP contribution in [0.3, 0.4) is 0 Å². The normalized spacial score (nSPS) is 18.8. The Morgan fingerprint density at radius 1 is 0.849 bits per heavy atom. The molecule has 276 valence electrons. The third-order valence-electron chi connectivity index (χ3n) is 11.2. The molecule has 0 unspecified atom stereocenters. The van der Waals surface area contributed by atoms with E-state index >= 15 is 0 Å². The number of carbonyl (C=O) groups is 3. The predicted octanol–water partition coefficient (Wildman–Crippen LogP) is 5.48. The van der Waals surface area contributed by atoms with Crippen LogP contribution in [0.2, 0.25) is 5.02 Å². The fourth-order valence-corrected chi connectivity index (χ4v) is 8.37. The minimum Gasteiger partial charge on any atom is -0.481 e. The first-order valence-corrected chi connectivity index (χ1v) is 18.6. The summed E-state index contributed by atoms with van der Waals surface area (Å²) >= 11 is 6.91. The number of halogens is 1. The topological polar surface area (TPSA) is 161 Å². The molecule has 7 rings (SSSR count). The van der Waals surface area contributed by atoms with Crippen molar-refractivity contribution >= 4 is 40.8 Å². The SMILES string of the molecule is CN1CCc2c(nc(C(=O)Nc3cccc(-c4cccc(NC(=O)c5nc6c(n5C)CCN(CCC5CCC(C(=O)O)CC5)C6)c4C#N)c3Cl)n2C)C1. The maximum absolute atomic E-state index is 13.7. The number of imidazole rings is 2. The van der Waals surface area contributed by atoms with Crippen molar-refractivity contribution in [3.63, 3.8) is 0 Å². The van der Waals surface area contributed by atoms with Crippen LogP contribution in [0.5, 0.6) is 0 Å². The van der Waals surface area contributed by atoms with E-state index in [1.807, 2.05) is 30.3 Å². The largest absolute Gasteiger partial charge is 0.481 e. The molecule has 3 N–H and O–H groups in total. The summed E-state index contributed by atoms with van der Waals surface area (Å²) in [6.45, 7) is 3.99. The first-order valence-electron chi connectivity index (χ1n) is 18.2. The molecule has 2 aromatic heterocycles. The molecule has 2 aliphatic heterocycles. The summed E-state index contributed by atoms with van der Waals surface area (Å²) in [6.07, 6.45) is 6.02. The molecule has 14 heteroatoms. The van der Waals surface area contributed by atoms with E-state index in [0.717, 1.165) is 87.4 Å². The molecule has 4 aromatic rings. The number of nitrogens with one attached hydrogen (secondary N) is 2. The molecule has 13 nitrogen and oxygen atoms in total. The fourth-order valence-electron chi connectivity index (χ4n) is 8.10. The average molecular weight is 738 g/mol. The summed E-state index contributed by atoms with van der Waals surface area (Å²) in [6, 6.07) is 12.7. The van der Waals surface area contributed by atoms with Gasteiger partial charge < -0.3 is 29.8 Å². The maximum Gasteiger partial charge on any atom is 0.306 e. The number of aliphatic carboxylic acids is 1. The summed E-state index contributed by atoms with van der Waals surface area (Å²) < 4.78 is 3.67. The first kappa shape index (κ1) is 36.3. The molecular weight excluding hydrogens is 694 g/mol. The van der Waals surface area contributed by atoms with Crippen molar-refractivity contribution in [2.75, 3.05) is 37.3 Å². The highest BCUT2D eigenvalue weighted by Gasteiger charge is 2.29. The Balaban J connectivity index is 1.04. The second-order valence-electron chi connectivity index (χ2n) is 14.5. The lowest BCUT2D eigenvalue weighted by atomic mass is 9.80. The van der Waals surface area contributed by atoms with Gasteiger partial charge in [-0.05, 0) is 63.7 Å². The second-order valence-corrected chi connectivity index (χ2v) is 14.9. The number of amides is 2. The zero-order valence-corrected chi connectivity index (χ0v) is 31.0. The number of benzene rings is 2. The van der Waals surface area contributed by atoms with Crippen molar-refractivity contribution in [2.24, 2.45) is 25.9 Å². The number of hydrogen-bond acceptors (Lipinski definition) is 8. The van der Waals surface area contributed by atoms with Crippen LogP contribution in [-0.4, -0.2) is 78.5 Å². The molecule has 3 aliphatic rings. The van der Waals surface area contributed by atoms with Crippen molar-refractivity contribution in [2.45, 2.75) is 58.0 Å². The number of anilines is 2. The molecule has 4 heterocycles. The second kappa shape index (κ2) is 15.1. The van der Waals surface area contributed by atoms with Gasteiger partial charge in [0.05, 0.1) is 39.3 Å². The van der Waals surface area contributed by atoms with Crippen LogP contribution in [0.15, 0.2) is 36.4 Å². The lowest BCUT2D eigenvalue weighted by molar-refractivity contribution is -0.143. The van der Waals surface area contributed by atoms with Gasteiger partial charge in [0.1, 0.15) is 6.07 Å². The van der Waals surface area contributed by atoms with Gasteiger partial charge in [0.2, 0.25) is 0 Å². The molecule has 53 heavy (non-hydrogen) atoms. The lowest BCUT2D eigenvalue weighted by Crippen LogP contribution is -2.33. The van der Waals surface area contributed by atoms with E-state index in [0.29, 0.717) is 47.3 Å². The zero-order chi connectivity index (χ0) is 37.4. The van der Waals surface area contributed by atoms with Gasteiger partial charge in [-0.1, -0.05) is 35.9 Å². The Kier molecular flexibility index (Phi) is 10.4. The van der Waals surface area contributed by atoms with Gasteiger partial charge in [0.15, 0.2) is 11.6 Å². The van der Waals surface area contributed by atoms with Crippen LogP contribution in [0.1, 0.15) is 81.7 Å². The highest BCUT2D eigenvalue weighted by molar-refractivity contribution is 6.36. The van der Waals surface area contributed by atoms with E-state index in [1.54, 1.807) is 36.4 Å². The van der Waals surface area contributed by atoms with E-state index < -0.39 is 11.9 Å². The van der Waals surface area contributed by atoms with Crippen LogP contribution in [-0.2, 0) is 44.8 Å². The highest BCUT2D eigenvalue weighted by atomic mass is 35.5. The summed E-state index contributed by atoms with van der Waals surface area (Å²) in [4.78, 5) is 52.4. The Labute approximate surface area is 313 Å². The predicted molar refractivity (Wildman–Crippen MR) is 201 cm³/mol. The molecular formula is C39H44ClN9O4. The van der Waals surface area contributed by atoms with Crippen molar-refractivity contribution in [1.82, 2.24) is 28.9 Å². The van der Waals surface area contributed by atoms with Crippen molar-refractivity contribution in [3.05, 3.63) is 81.4 Å². The van der Waals surface area contributed by atoms with E-state index in [4.69, 9.17) is 16.6 Å². The minimum absolute atomic E-state index is 0.205. The van der Waals surface area contributed by atoms with Crippen LogP contribution in [0.25, 0.3) is 11.1 Å². The third-order valence-corrected chi connectivity index (χ3v) is 11.6. The van der Waals surface area contributed by atoms with Gasteiger partial charge in [-0.15, -0.1) is 0 Å². The number of likely N-dealkylation sites (N-methyl/N-ethyl adjacent to an activating group) is 1. The summed E-state index contributed by atoms with van der Waals surface area (Å²) in [5.74, 6) is -0.582. The fraction of sp³-hybridized carbons (Fsp3) is 0.436. The number of rotatable bonds is 9. The molecule has 1 fully saturated rings. The lowest BCUT2D eigenvalue weighted by Gasteiger charge is -2.30. The van der Waals surface area contributed by atoms with Gasteiger partial charge in [-0.2, -0.15) is 5.26 Å². The number of hydrogen-bond donors (Lipinski definition) is 3. The molecule has 0 radical (unpaired) electrons. The van der Waals surface area contributed by atoms with Crippen LogP contribution in [0, 0.1) is 23.2 Å². The molecule has 1 saturated carbocycles. The summed E-state index contributed by atoms with van der Waals surface area (Å²) in [5, 5.41) is 25.7. The van der Waals surface area contributed by atoms with Crippen molar-refractivity contribution in [3.8, 4) is 17.2 Å². The molecule has 0 atom stereocenters. The number of nitriles is 1. The number of carboxylic acid groups (broad SMARTS) is 1. The number of aromatic nitrogens is 4. The molecule has 0 spiro atoms. The molecule has 0 bridgehead atoms. The smallest absolute Gasteiger partial charge is 0.306 e. The van der Waals surface area contributed by atoms with E-state index in [1.165, 1.54) is 0 Å². The zero-order valence-electron chi connectivity index (χ0n) is 30.3. The Hall–Kier alpha value is -5.03. The third kappa shape index (κ3) is 7.31. The number of nitrogens with zero attached hydrogens (tertiary/aromatic N) is 7. The van der Waals surface area contributed by atoms with E-state index in [2.05, 4.69) is 31.5 Å². The van der Waals surface area contributed by atoms with Gasteiger partial charge in [0, 0.05) is 75.6 Å². The van der Waals surface area contributed by atoms with Gasteiger partial charge in [-0.3, -0.25) is 19.3 Å². The highest BCUT2D eigenvalue weighted by Crippen LogP contribution is 2.38. The van der Waals surface area contributed by atoms with E-state index in [9.17, 15) is 24.8 Å². The van der Waals surface area contributed by atoms with Crippen molar-refractivity contribution < 1.29 is 19.5 Å². The maximum atomic E-state index is 13.7. The molecule has 2 aromatic carbocycles. The quantitative estimate of drug-likeness (QED) is 0.202. The molecule has 0 saturated heterocycles. The van der Waals surface area contributed by atoms with Gasteiger partial charge >= 0.3 is 5.97 Å². The Morgan fingerprint density at radius 3 is 2.08 bits per heavy atom. The minimum atomic E-state index is -0.678. The Bertz CT molecular complexity index is 2120. The Morgan fingerprint density at radius 2 is 1.43 bits per heavy atom. The molecule has 2 amide bonds. The van der Waals surface area contributed by atoms with E-state index in [-0.39, 0.29) is 28.2 Å². The monoisotopic (exact) mass is 737 g/mol. The summed E-state index contributed by atoms with van der Waals surface area (Å²) in [7, 11) is 5.72. The van der Waals surface area contributed by atoms with Crippen LogP contribution < -0.4 is 10.6 Å². The van der Waals surface area contributed by atoms with Crippen molar-refractivity contribution in [1.29, 1.82) is 5.26 Å². The summed E-state index contributed by atoms with van der Waals surface area (Å²) in [5.41, 5.74) is 5.79. The van der Waals surface area contributed by atoms with Crippen LogP contribution in [0.4, 0.5) is 11.4 Å². The van der Waals surface area contributed by atoms with Gasteiger partial charge in [-0.25, -0.2) is 9.97 Å². The van der Waals surface area contributed by atoms with Gasteiger partial charge in [0.25, 0.3) is 11.8 Å².